The second kappa shape index (κ2) is 6.08. The number of benzene rings is 2. The number of hydrogen-bond donors (Lipinski definition) is 0. The highest BCUT2D eigenvalue weighted by atomic mass is 79.9. The first-order chi connectivity index (χ1) is 8.90. The largest absolute Gasteiger partial charge is 0.207 e. The van der Waals surface area contributed by atoms with Crippen molar-refractivity contribution in [2.75, 3.05) is 0 Å². The average molecular weight is 431 g/mol. The minimum atomic E-state index is -0.821. The van der Waals surface area contributed by atoms with Crippen LogP contribution >= 0.6 is 55.1 Å². The molecule has 2 aromatic carbocycles. The van der Waals surface area contributed by atoms with Gasteiger partial charge in [-0.3, -0.25) is 0 Å². The van der Waals surface area contributed by atoms with Gasteiger partial charge in [0.2, 0.25) is 0 Å². The van der Waals surface area contributed by atoms with Gasteiger partial charge in [-0.05, 0) is 35.9 Å². The maximum absolute atomic E-state index is 13.8. The zero-order valence-corrected chi connectivity index (χ0v) is 13.9. The quantitative estimate of drug-likeness (QED) is 0.378. The van der Waals surface area contributed by atoms with E-state index in [1.54, 1.807) is 12.1 Å². The van der Waals surface area contributed by atoms with Gasteiger partial charge in [0.1, 0.15) is 11.6 Å². The Morgan fingerprint density at radius 1 is 0.947 bits per heavy atom. The van der Waals surface area contributed by atoms with Crippen molar-refractivity contribution < 1.29 is 8.78 Å². The van der Waals surface area contributed by atoms with Gasteiger partial charge in [0.05, 0.1) is 10.4 Å². The van der Waals surface area contributed by atoms with Crippen LogP contribution in [0.15, 0.2) is 39.3 Å². The smallest absolute Gasteiger partial charge is 0.142 e. The third-order valence-corrected chi connectivity index (χ3v) is 4.52. The molecule has 2 aromatic rings. The lowest BCUT2D eigenvalue weighted by molar-refractivity contribution is 0.587. The van der Waals surface area contributed by atoms with Crippen LogP contribution in [-0.2, 0) is 0 Å². The van der Waals surface area contributed by atoms with E-state index in [4.69, 9.17) is 23.2 Å². The van der Waals surface area contributed by atoms with E-state index >= 15 is 0 Å². The Morgan fingerprint density at radius 2 is 1.63 bits per heavy atom. The minimum absolute atomic E-state index is 0.0439. The molecule has 0 spiro atoms. The van der Waals surface area contributed by atoms with Crippen LogP contribution < -0.4 is 0 Å². The number of hydrogen-bond acceptors (Lipinski definition) is 0. The van der Waals surface area contributed by atoms with E-state index in [2.05, 4.69) is 31.9 Å². The zero-order valence-electron chi connectivity index (χ0n) is 9.23. The van der Waals surface area contributed by atoms with Crippen LogP contribution in [0.25, 0.3) is 0 Å². The van der Waals surface area contributed by atoms with Crippen LogP contribution in [0.4, 0.5) is 8.78 Å². The number of alkyl halides is 1. The summed E-state index contributed by atoms with van der Waals surface area (Å²) in [6.45, 7) is 0. The first-order valence-electron chi connectivity index (χ1n) is 5.13. The van der Waals surface area contributed by atoms with E-state index in [-0.39, 0.29) is 10.6 Å². The summed E-state index contributed by atoms with van der Waals surface area (Å²) in [6, 6.07) is 7.28. The van der Waals surface area contributed by atoms with Gasteiger partial charge in [-0.1, -0.05) is 43.5 Å². The van der Waals surface area contributed by atoms with E-state index in [1.165, 1.54) is 0 Å². The van der Waals surface area contributed by atoms with E-state index in [0.717, 1.165) is 16.6 Å². The monoisotopic (exact) mass is 428 g/mol. The van der Waals surface area contributed by atoms with Gasteiger partial charge in [0.25, 0.3) is 0 Å². The molecule has 1 unspecified atom stereocenters. The van der Waals surface area contributed by atoms with Crippen molar-refractivity contribution in [3.63, 3.8) is 0 Å². The van der Waals surface area contributed by atoms with Crippen molar-refractivity contribution in [3.05, 3.63) is 67.1 Å². The molecule has 0 radical (unpaired) electrons. The molecule has 0 bridgehead atoms. The molecule has 0 nitrogen and oxygen atoms in total. The van der Waals surface area contributed by atoms with E-state index < -0.39 is 17.0 Å². The summed E-state index contributed by atoms with van der Waals surface area (Å²) in [5.74, 6) is -1.34. The van der Waals surface area contributed by atoms with E-state index in [9.17, 15) is 8.78 Å². The third kappa shape index (κ3) is 3.30. The van der Waals surface area contributed by atoms with Crippen LogP contribution in [0.3, 0.4) is 0 Å². The predicted molar refractivity (Wildman–Crippen MR) is 80.9 cm³/mol. The van der Waals surface area contributed by atoms with E-state index in [1.807, 2.05) is 6.07 Å². The van der Waals surface area contributed by atoms with E-state index in [0.29, 0.717) is 10.0 Å². The maximum Gasteiger partial charge on any atom is 0.142 e. The molecule has 0 aromatic heterocycles. The summed E-state index contributed by atoms with van der Waals surface area (Å²) in [6.07, 6.45) is 0. The molecule has 0 saturated carbocycles. The summed E-state index contributed by atoms with van der Waals surface area (Å²) in [4.78, 5) is 0. The Hall–Kier alpha value is -0.160. The average Bonchev–Trinajstić information content (AvgIpc) is 2.36. The molecular weight excluding hydrogens is 425 g/mol. The molecule has 0 heterocycles. The highest BCUT2D eigenvalue weighted by Crippen LogP contribution is 2.37. The van der Waals surface area contributed by atoms with Gasteiger partial charge in [-0.15, -0.1) is 11.6 Å². The molecule has 6 heteroatoms. The Labute approximate surface area is 136 Å². The second-order valence-corrected chi connectivity index (χ2v) is 6.43. The van der Waals surface area contributed by atoms with Gasteiger partial charge in [-0.25, -0.2) is 8.78 Å². The van der Waals surface area contributed by atoms with Crippen LogP contribution in [-0.4, -0.2) is 0 Å². The number of rotatable bonds is 2. The molecule has 2 rings (SSSR count). The Kier molecular flexibility index (Phi) is 4.88. The fourth-order valence-corrected chi connectivity index (χ4v) is 3.09. The molecule has 0 aliphatic carbocycles. The van der Waals surface area contributed by atoms with Crippen molar-refractivity contribution in [2.45, 2.75) is 5.38 Å². The molecule has 0 amide bonds. The predicted octanol–water partition coefficient (Wildman–Crippen LogP) is 6.47. The molecule has 100 valence electrons. The van der Waals surface area contributed by atoms with Crippen molar-refractivity contribution >= 4 is 55.1 Å². The first kappa shape index (κ1) is 15.2. The lowest BCUT2D eigenvalue weighted by atomic mass is 10.0. The van der Waals surface area contributed by atoms with Crippen molar-refractivity contribution in [1.82, 2.24) is 0 Å². The molecule has 0 aliphatic heterocycles. The van der Waals surface area contributed by atoms with Crippen molar-refractivity contribution in [2.24, 2.45) is 0 Å². The molecule has 1 atom stereocenters. The Bertz CT molecular complexity index is 632. The molecule has 0 saturated heterocycles. The topological polar surface area (TPSA) is 0 Å². The first-order valence-corrected chi connectivity index (χ1v) is 7.53. The van der Waals surface area contributed by atoms with Gasteiger partial charge >= 0.3 is 0 Å². The summed E-state index contributed by atoms with van der Waals surface area (Å²) in [7, 11) is 0. The third-order valence-electron chi connectivity index (χ3n) is 2.54. The highest BCUT2D eigenvalue weighted by molar-refractivity contribution is 9.11. The normalized spacial score (nSPS) is 12.5. The SMILES string of the molecule is Fc1cc(C(Cl)c2cc(Br)ccc2Br)c(F)cc1Cl. The lowest BCUT2D eigenvalue weighted by Crippen LogP contribution is -2.00. The lowest BCUT2D eigenvalue weighted by Gasteiger charge is -2.14. The Balaban J connectivity index is 2.52. The molecule has 0 aliphatic rings. The minimum Gasteiger partial charge on any atom is -0.207 e. The van der Waals surface area contributed by atoms with Gasteiger partial charge in [-0.2, -0.15) is 0 Å². The molecule has 19 heavy (non-hydrogen) atoms. The standard InChI is InChI=1S/C13H6Br2Cl2F2/c14-6-1-2-9(15)7(3-6)13(17)8-4-12(19)10(16)5-11(8)18/h1-5,13H. The van der Waals surface area contributed by atoms with Crippen LogP contribution in [0.5, 0.6) is 0 Å². The van der Waals surface area contributed by atoms with Gasteiger partial charge in [0, 0.05) is 14.5 Å². The van der Waals surface area contributed by atoms with Crippen LogP contribution in [0.2, 0.25) is 5.02 Å². The molecule has 0 N–H and O–H groups in total. The summed E-state index contributed by atoms with van der Waals surface area (Å²) >= 11 is 18.4. The van der Waals surface area contributed by atoms with Crippen LogP contribution in [0.1, 0.15) is 16.5 Å². The molecule has 0 fully saturated rings. The summed E-state index contributed by atoms with van der Waals surface area (Å²) < 4.78 is 28.8. The summed E-state index contributed by atoms with van der Waals surface area (Å²) in [5.41, 5.74) is 0.680. The fourth-order valence-electron chi connectivity index (χ4n) is 1.61. The molecular formula is C13H6Br2Cl2F2. The van der Waals surface area contributed by atoms with Gasteiger partial charge in [0.15, 0.2) is 0 Å². The number of halogens is 6. The zero-order chi connectivity index (χ0) is 14.2. The van der Waals surface area contributed by atoms with Gasteiger partial charge < -0.3 is 0 Å². The van der Waals surface area contributed by atoms with Crippen LogP contribution in [0, 0.1) is 11.6 Å². The summed E-state index contributed by atoms with van der Waals surface area (Å²) in [5, 5.41) is -1.09. The fraction of sp³-hybridized carbons (Fsp3) is 0.0769. The van der Waals surface area contributed by atoms with Crippen molar-refractivity contribution in [3.8, 4) is 0 Å². The van der Waals surface area contributed by atoms with Crippen molar-refractivity contribution in [1.29, 1.82) is 0 Å². The second-order valence-electron chi connectivity index (χ2n) is 3.82. The highest BCUT2D eigenvalue weighted by Gasteiger charge is 2.20. The maximum atomic E-state index is 13.8. The Morgan fingerprint density at radius 3 is 2.32 bits per heavy atom.